The van der Waals surface area contributed by atoms with Crippen LogP contribution in [0.15, 0.2) is 24.3 Å². The quantitative estimate of drug-likeness (QED) is 0.809. The van der Waals surface area contributed by atoms with Crippen molar-refractivity contribution in [2.75, 3.05) is 20.7 Å². The maximum absolute atomic E-state index is 10.0. The van der Waals surface area contributed by atoms with Crippen LogP contribution in [0.2, 0.25) is 0 Å². The number of methoxy groups -OCH3 is 1. The van der Waals surface area contributed by atoms with Crippen molar-refractivity contribution in [2.45, 2.75) is 43.4 Å². The van der Waals surface area contributed by atoms with Gasteiger partial charge in [0, 0.05) is 18.0 Å². The summed E-state index contributed by atoms with van der Waals surface area (Å²) in [6.07, 6.45) is 5.36. The summed E-state index contributed by atoms with van der Waals surface area (Å²) < 4.78 is 11.8. The molecule has 0 aromatic heterocycles. The molecule has 0 saturated heterocycles. The lowest BCUT2D eigenvalue weighted by atomic mass is 9.69. The van der Waals surface area contributed by atoms with E-state index in [0.29, 0.717) is 12.5 Å². The van der Waals surface area contributed by atoms with Crippen LogP contribution in [-0.4, -0.2) is 42.9 Å². The summed E-state index contributed by atoms with van der Waals surface area (Å²) in [5.41, 5.74) is 2.47. The second kappa shape index (κ2) is 4.74. The molecule has 22 heavy (non-hydrogen) atoms. The van der Waals surface area contributed by atoms with Crippen molar-refractivity contribution in [3.63, 3.8) is 0 Å². The zero-order chi connectivity index (χ0) is 15.5. The fourth-order valence-corrected chi connectivity index (χ4v) is 4.28. The molecule has 1 aromatic rings. The smallest absolute Gasteiger partial charge is 0.166 e. The Bertz CT molecular complexity index is 641. The molecule has 2 heterocycles. The van der Waals surface area contributed by atoms with Crippen LogP contribution in [0.3, 0.4) is 0 Å². The van der Waals surface area contributed by atoms with Crippen molar-refractivity contribution >= 4 is 0 Å². The Labute approximate surface area is 131 Å². The second-order valence-electron chi connectivity index (χ2n) is 6.78. The van der Waals surface area contributed by atoms with Crippen LogP contribution in [0, 0.1) is 0 Å². The van der Waals surface area contributed by atoms with Crippen LogP contribution in [0.4, 0.5) is 0 Å². The Morgan fingerprint density at radius 1 is 1.41 bits per heavy atom. The number of rotatable bonds is 1. The molecule has 0 radical (unpaired) electrons. The SMILES string of the molecule is COc1ccc2c3c1O[C@H]1C[C@@H](O)C=C[C@@]31CCN(C)[C@@H]2C. The monoisotopic (exact) mass is 301 g/mol. The van der Waals surface area contributed by atoms with Crippen LogP contribution in [0.5, 0.6) is 11.5 Å². The predicted molar refractivity (Wildman–Crippen MR) is 84.5 cm³/mol. The van der Waals surface area contributed by atoms with Crippen molar-refractivity contribution in [1.82, 2.24) is 4.90 Å². The van der Waals surface area contributed by atoms with Gasteiger partial charge in [0.25, 0.3) is 0 Å². The lowest BCUT2D eigenvalue weighted by Gasteiger charge is -2.35. The van der Waals surface area contributed by atoms with E-state index in [9.17, 15) is 5.11 Å². The number of nitrogens with zero attached hydrogens (tertiary/aromatic N) is 1. The largest absolute Gasteiger partial charge is 0.493 e. The van der Waals surface area contributed by atoms with E-state index in [-0.39, 0.29) is 11.5 Å². The Morgan fingerprint density at radius 3 is 3.00 bits per heavy atom. The van der Waals surface area contributed by atoms with Crippen molar-refractivity contribution < 1.29 is 14.6 Å². The number of hydrogen-bond acceptors (Lipinski definition) is 4. The van der Waals surface area contributed by atoms with Gasteiger partial charge in [0.1, 0.15) is 6.10 Å². The van der Waals surface area contributed by atoms with E-state index in [4.69, 9.17) is 9.47 Å². The Hall–Kier alpha value is -1.52. The molecule has 118 valence electrons. The van der Waals surface area contributed by atoms with Crippen LogP contribution in [-0.2, 0) is 5.41 Å². The normalized spacial score (nSPS) is 36.3. The fourth-order valence-electron chi connectivity index (χ4n) is 4.28. The molecular weight excluding hydrogens is 278 g/mol. The van der Waals surface area contributed by atoms with Crippen molar-refractivity contribution in [1.29, 1.82) is 0 Å². The van der Waals surface area contributed by atoms with Gasteiger partial charge in [0.2, 0.25) is 0 Å². The van der Waals surface area contributed by atoms with Gasteiger partial charge in [0.15, 0.2) is 11.5 Å². The van der Waals surface area contributed by atoms with Crippen molar-refractivity contribution in [3.8, 4) is 11.5 Å². The van der Waals surface area contributed by atoms with Crippen LogP contribution < -0.4 is 9.47 Å². The van der Waals surface area contributed by atoms with E-state index in [1.165, 1.54) is 11.1 Å². The summed E-state index contributed by atoms with van der Waals surface area (Å²) >= 11 is 0. The van der Waals surface area contributed by atoms with Gasteiger partial charge in [-0.25, -0.2) is 0 Å². The average Bonchev–Trinajstić information content (AvgIpc) is 2.80. The highest BCUT2D eigenvalue weighted by Crippen LogP contribution is 2.57. The molecule has 4 nitrogen and oxygen atoms in total. The Morgan fingerprint density at radius 2 is 2.23 bits per heavy atom. The molecule has 4 heteroatoms. The molecule has 4 rings (SSSR count). The summed E-state index contributed by atoms with van der Waals surface area (Å²) in [6.45, 7) is 3.26. The van der Waals surface area contributed by atoms with E-state index < -0.39 is 6.10 Å². The summed E-state index contributed by atoms with van der Waals surface area (Å²) in [6, 6.07) is 4.53. The minimum Gasteiger partial charge on any atom is -0.493 e. The molecule has 0 saturated carbocycles. The lowest BCUT2D eigenvalue weighted by Crippen LogP contribution is -2.42. The zero-order valence-electron chi connectivity index (χ0n) is 13.4. The van der Waals surface area contributed by atoms with Gasteiger partial charge in [-0.05, 0) is 38.6 Å². The van der Waals surface area contributed by atoms with Gasteiger partial charge < -0.3 is 14.6 Å². The van der Waals surface area contributed by atoms with E-state index in [0.717, 1.165) is 24.5 Å². The summed E-state index contributed by atoms with van der Waals surface area (Å²) in [7, 11) is 3.86. The lowest BCUT2D eigenvalue weighted by molar-refractivity contribution is 0.0813. The summed E-state index contributed by atoms with van der Waals surface area (Å²) in [5, 5.41) is 10.0. The molecule has 0 fully saturated rings. The first-order chi connectivity index (χ1) is 10.6. The highest BCUT2D eigenvalue weighted by atomic mass is 16.5. The molecule has 3 aliphatic rings. The van der Waals surface area contributed by atoms with E-state index in [2.05, 4.69) is 31.0 Å². The molecule has 4 atom stereocenters. The fraction of sp³-hybridized carbons (Fsp3) is 0.556. The van der Waals surface area contributed by atoms with Gasteiger partial charge in [-0.1, -0.05) is 18.2 Å². The number of aliphatic hydroxyl groups is 1. The number of benzene rings is 1. The van der Waals surface area contributed by atoms with Crippen LogP contribution in [0.25, 0.3) is 0 Å². The standard InChI is InChI=1S/C18H23NO3/c1-11-13-4-5-14(21-3)17-16(13)18(8-9-19(11)2)7-6-12(20)10-15(18)22-17/h4-7,11-12,15,20H,8-10H2,1-3H3/t11-,12+,15+,18+/m1/s1. The molecular formula is C18H23NO3. The molecule has 1 N–H and O–H groups in total. The molecule has 2 aliphatic heterocycles. The van der Waals surface area contributed by atoms with E-state index in [1.54, 1.807) is 7.11 Å². The van der Waals surface area contributed by atoms with Gasteiger partial charge in [0.05, 0.1) is 18.6 Å². The number of hydrogen-bond donors (Lipinski definition) is 1. The van der Waals surface area contributed by atoms with Gasteiger partial charge in [-0.2, -0.15) is 0 Å². The van der Waals surface area contributed by atoms with Crippen LogP contribution in [0.1, 0.15) is 36.9 Å². The van der Waals surface area contributed by atoms with E-state index >= 15 is 0 Å². The Balaban J connectivity index is 1.98. The first-order valence-corrected chi connectivity index (χ1v) is 8.02. The molecule has 1 aromatic carbocycles. The van der Waals surface area contributed by atoms with E-state index in [1.807, 2.05) is 12.1 Å². The Kier molecular flexibility index (Phi) is 3.03. The molecule has 1 aliphatic carbocycles. The maximum Gasteiger partial charge on any atom is 0.166 e. The van der Waals surface area contributed by atoms with Crippen molar-refractivity contribution in [2.24, 2.45) is 0 Å². The number of ether oxygens (including phenoxy) is 2. The zero-order valence-corrected chi connectivity index (χ0v) is 13.4. The summed E-state index contributed by atoms with van der Waals surface area (Å²) in [5.74, 6) is 1.68. The van der Waals surface area contributed by atoms with Gasteiger partial charge >= 0.3 is 0 Å². The van der Waals surface area contributed by atoms with Crippen molar-refractivity contribution in [3.05, 3.63) is 35.4 Å². The molecule has 0 bridgehead atoms. The highest BCUT2D eigenvalue weighted by molar-refractivity contribution is 5.61. The molecule has 1 spiro atoms. The first kappa shape index (κ1) is 14.1. The first-order valence-electron chi connectivity index (χ1n) is 8.02. The highest BCUT2D eigenvalue weighted by Gasteiger charge is 2.53. The topological polar surface area (TPSA) is 41.9 Å². The minimum absolute atomic E-state index is 0.00347. The minimum atomic E-state index is -0.419. The van der Waals surface area contributed by atoms with Gasteiger partial charge in [-0.15, -0.1) is 0 Å². The average molecular weight is 301 g/mol. The van der Waals surface area contributed by atoms with Crippen LogP contribution >= 0.6 is 0 Å². The molecule has 0 amide bonds. The second-order valence-corrected chi connectivity index (χ2v) is 6.78. The predicted octanol–water partition coefficient (Wildman–Crippen LogP) is 2.41. The number of aliphatic hydroxyl groups excluding tert-OH is 1. The summed E-state index contributed by atoms with van der Waals surface area (Å²) in [4.78, 5) is 2.39. The third-order valence-electron chi connectivity index (χ3n) is 5.73. The maximum atomic E-state index is 10.0. The molecule has 0 unspecified atom stereocenters. The van der Waals surface area contributed by atoms with Gasteiger partial charge in [-0.3, -0.25) is 4.90 Å². The third-order valence-corrected chi connectivity index (χ3v) is 5.73. The third kappa shape index (κ3) is 1.71.